The Morgan fingerprint density at radius 1 is 1.00 bits per heavy atom. The van der Waals surface area contributed by atoms with Crippen molar-refractivity contribution in [1.29, 1.82) is 0 Å². The molecule has 0 aliphatic heterocycles. The predicted molar refractivity (Wildman–Crippen MR) is 124 cm³/mol. The molecule has 2 aromatic carbocycles. The number of rotatable bonds is 9. The first-order valence-corrected chi connectivity index (χ1v) is 12.5. The third-order valence-electron chi connectivity index (χ3n) is 4.96. The summed E-state index contributed by atoms with van der Waals surface area (Å²) >= 11 is 1.40. The largest absolute Gasteiger partial charge is 0.347 e. The highest BCUT2D eigenvalue weighted by atomic mass is 32.2. The molecule has 1 aromatic heterocycles. The first-order chi connectivity index (χ1) is 14.8. The minimum Gasteiger partial charge on any atom is -0.347 e. The van der Waals surface area contributed by atoms with Crippen LogP contribution in [0.2, 0.25) is 0 Å². The number of hydrogen-bond donors (Lipinski definition) is 1. The SMILES string of the molecule is CCN(CC)S(=O)(=O)c1ccc(CNC(=O)c2sc(Cc3ccccc3)nc2C)cc1. The Morgan fingerprint density at radius 2 is 1.65 bits per heavy atom. The fourth-order valence-corrected chi connectivity index (χ4v) is 5.74. The smallest absolute Gasteiger partial charge is 0.263 e. The maximum absolute atomic E-state index is 12.7. The van der Waals surface area contributed by atoms with Crippen molar-refractivity contribution >= 4 is 27.3 Å². The second-order valence-corrected chi connectivity index (χ2v) is 10.1. The van der Waals surface area contributed by atoms with Gasteiger partial charge in [-0.2, -0.15) is 4.31 Å². The van der Waals surface area contributed by atoms with Gasteiger partial charge in [0.05, 0.1) is 15.6 Å². The van der Waals surface area contributed by atoms with Crippen LogP contribution in [0.1, 0.15) is 45.3 Å². The van der Waals surface area contributed by atoms with Crippen molar-refractivity contribution in [3.63, 3.8) is 0 Å². The van der Waals surface area contributed by atoms with Gasteiger partial charge in [-0.1, -0.05) is 56.3 Å². The van der Waals surface area contributed by atoms with Crippen LogP contribution >= 0.6 is 11.3 Å². The van der Waals surface area contributed by atoms with E-state index in [1.807, 2.05) is 51.1 Å². The van der Waals surface area contributed by atoms with Crippen molar-refractivity contribution in [2.75, 3.05) is 13.1 Å². The fraction of sp³-hybridized carbons (Fsp3) is 0.304. The Kier molecular flexibility index (Phi) is 7.59. The van der Waals surface area contributed by atoms with E-state index in [0.29, 0.717) is 36.6 Å². The zero-order valence-electron chi connectivity index (χ0n) is 18.0. The molecule has 0 spiro atoms. The molecule has 1 heterocycles. The number of carbonyl (C=O) groups excluding carboxylic acids is 1. The summed E-state index contributed by atoms with van der Waals surface area (Å²) in [6, 6.07) is 16.7. The van der Waals surface area contributed by atoms with Crippen LogP contribution in [0, 0.1) is 6.92 Å². The van der Waals surface area contributed by atoms with Crippen LogP contribution < -0.4 is 5.32 Å². The molecule has 1 amide bonds. The summed E-state index contributed by atoms with van der Waals surface area (Å²) in [7, 11) is -3.48. The normalized spacial score (nSPS) is 11.6. The molecule has 1 N–H and O–H groups in total. The number of hydrogen-bond acceptors (Lipinski definition) is 5. The number of amides is 1. The van der Waals surface area contributed by atoms with Crippen molar-refractivity contribution in [3.05, 3.63) is 81.3 Å². The van der Waals surface area contributed by atoms with Gasteiger partial charge in [0.2, 0.25) is 10.0 Å². The number of nitrogens with zero attached hydrogens (tertiary/aromatic N) is 2. The minimum absolute atomic E-state index is 0.172. The van der Waals surface area contributed by atoms with E-state index in [1.54, 1.807) is 24.3 Å². The maximum atomic E-state index is 12.7. The topological polar surface area (TPSA) is 79.4 Å². The third kappa shape index (κ3) is 5.58. The van der Waals surface area contributed by atoms with Gasteiger partial charge in [-0.3, -0.25) is 4.79 Å². The van der Waals surface area contributed by atoms with Gasteiger partial charge in [0.25, 0.3) is 5.91 Å². The van der Waals surface area contributed by atoms with Crippen LogP contribution in [0.4, 0.5) is 0 Å². The molecular weight excluding hydrogens is 430 g/mol. The molecule has 3 aromatic rings. The monoisotopic (exact) mass is 457 g/mol. The van der Waals surface area contributed by atoms with E-state index >= 15 is 0 Å². The minimum atomic E-state index is -3.48. The maximum Gasteiger partial charge on any atom is 0.263 e. The molecule has 0 saturated heterocycles. The molecule has 0 aliphatic rings. The summed E-state index contributed by atoms with van der Waals surface area (Å²) in [6.45, 7) is 6.64. The van der Waals surface area contributed by atoms with Crippen LogP contribution in [0.25, 0.3) is 0 Å². The van der Waals surface area contributed by atoms with Crippen LogP contribution in [0.5, 0.6) is 0 Å². The molecule has 164 valence electrons. The van der Waals surface area contributed by atoms with Crippen molar-refractivity contribution < 1.29 is 13.2 Å². The van der Waals surface area contributed by atoms with Crippen LogP contribution in [-0.2, 0) is 23.0 Å². The molecule has 0 saturated carbocycles. The number of nitrogens with one attached hydrogen (secondary N) is 1. The molecule has 0 radical (unpaired) electrons. The number of thiazole rings is 1. The van der Waals surface area contributed by atoms with Crippen molar-refractivity contribution in [3.8, 4) is 0 Å². The second kappa shape index (κ2) is 10.2. The quantitative estimate of drug-likeness (QED) is 0.527. The molecule has 0 fully saturated rings. The molecule has 31 heavy (non-hydrogen) atoms. The van der Waals surface area contributed by atoms with Gasteiger partial charge in [0.1, 0.15) is 4.88 Å². The summed E-state index contributed by atoms with van der Waals surface area (Å²) in [5.41, 5.74) is 2.70. The van der Waals surface area contributed by atoms with Crippen molar-refractivity contribution in [2.24, 2.45) is 0 Å². The highest BCUT2D eigenvalue weighted by Crippen LogP contribution is 2.21. The standard InChI is InChI=1S/C23H27N3O3S2/c1-4-26(5-2)31(28,29)20-13-11-19(12-14-20)16-24-23(27)22-17(3)25-21(30-22)15-18-9-7-6-8-10-18/h6-14H,4-5,15-16H2,1-3H3,(H,24,27). The van der Waals surface area contributed by atoms with Crippen molar-refractivity contribution in [2.45, 2.75) is 38.6 Å². The Bertz CT molecular complexity index is 1120. The van der Waals surface area contributed by atoms with Gasteiger partial charge >= 0.3 is 0 Å². The van der Waals surface area contributed by atoms with Crippen molar-refractivity contribution in [1.82, 2.24) is 14.6 Å². The lowest BCUT2D eigenvalue weighted by molar-refractivity contribution is 0.0954. The summed E-state index contributed by atoms with van der Waals surface area (Å²) in [4.78, 5) is 18.1. The number of aromatic nitrogens is 1. The average molecular weight is 458 g/mol. The molecule has 6 nitrogen and oxygen atoms in total. The molecule has 0 bridgehead atoms. The lowest BCUT2D eigenvalue weighted by atomic mass is 10.2. The van der Waals surface area contributed by atoms with Crippen LogP contribution in [0.3, 0.4) is 0 Å². The number of sulfonamides is 1. The first-order valence-electron chi connectivity index (χ1n) is 10.2. The van der Waals surface area contributed by atoms with E-state index < -0.39 is 10.0 Å². The second-order valence-electron chi connectivity index (χ2n) is 7.10. The summed E-state index contributed by atoms with van der Waals surface area (Å²) in [5.74, 6) is -0.172. The molecule has 8 heteroatoms. The van der Waals surface area contributed by atoms with Gasteiger partial charge in [0.15, 0.2) is 0 Å². The van der Waals surface area contributed by atoms with Gasteiger partial charge in [-0.05, 0) is 30.2 Å². The van der Waals surface area contributed by atoms with E-state index in [2.05, 4.69) is 10.3 Å². The Balaban J connectivity index is 1.63. The van der Waals surface area contributed by atoms with E-state index in [-0.39, 0.29) is 10.8 Å². The zero-order valence-corrected chi connectivity index (χ0v) is 19.6. The van der Waals surface area contributed by atoms with E-state index in [4.69, 9.17) is 0 Å². The van der Waals surface area contributed by atoms with Crippen LogP contribution in [-0.4, -0.2) is 36.7 Å². The van der Waals surface area contributed by atoms with E-state index in [0.717, 1.165) is 16.1 Å². The molecule has 0 aliphatic carbocycles. The highest BCUT2D eigenvalue weighted by Gasteiger charge is 2.21. The van der Waals surface area contributed by atoms with Gasteiger partial charge < -0.3 is 5.32 Å². The highest BCUT2D eigenvalue weighted by molar-refractivity contribution is 7.89. The molecule has 0 atom stereocenters. The Hall–Kier alpha value is -2.55. The zero-order chi connectivity index (χ0) is 22.4. The van der Waals surface area contributed by atoms with Crippen LogP contribution in [0.15, 0.2) is 59.5 Å². The molecule has 3 rings (SSSR count). The molecule has 0 unspecified atom stereocenters. The molecular formula is C23H27N3O3S2. The van der Waals surface area contributed by atoms with E-state index in [1.165, 1.54) is 15.6 Å². The Morgan fingerprint density at radius 3 is 2.26 bits per heavy atom. The number of carbonyl (C=O) groups is 1. The van der Waals surface area contributed by atoms with Gasteiger partial charge in [-0.25, -0.2) is 13.4 Å². The third-order valence-corrected chi connectivity index (χ3v) is 8.19. The predicted octanol–water partition coefficient (Wildman–Crippen LogP) is 4.00. The number of benzene rings is 2. The summed E-state index contributed by atoms with van der Waals surface area (Å²) in [6.07, 6.45) is 0.697. The van der Waals surface area contributed by atoms with Gasteiger partial charge in [0, 0.05) is 26.1 Å². The average Bonchev–Trinajstić information content (AvgIpc) is 3.13. The lowest BCUT2D eigenvalue weighted by Crippen LogP contribution is -2.30. The fourth-order valence-electron chi connectivity index (χ4n) is 3.26. The number of aryl methyl sites for hydroxylation is 1. The summed E-state index contributed by atoms with van der Waals surface area (Å²) < 4.78 is 26.6. The van der Waals surface area contributed by atoms with Gasteiger partial charge in [-0.15, -0.1) is 11.3 Å². The summed E-state index contributed by atoms with van der Waals surface area (Å²) in [5, 5.41) is 3.81. The Labute approximate surface area is 188 Å². The lowest BCUT2D eigenvalue weighted by Gasteiger charge is -2.18. The van der Waals surface area contributed by atoms with E-state index in [9.17, 15) is 13.2 Å². The first kappa shape index (κ1) is 23.1.